The van der Waals surface area contributed by atoms with Gasteiger partial charge in [0, 0.05) is 11.4 Å². The van der Waals surface area contributed by atoms with Gasteiger partial charge in [-0.3, -0.25) is 4.79 Å². The number of aliphatic carboxylic acids is 1. The lowest BCUT2D eigenvalue weighted by molar-refractivity contribution is -0.136. The van der Waals surface area contributed by atoms with Crippen molar-refractivity contribution in [3.8, 4) is 0 Å². The van der Waals surface area contributed by atoms with Gasteiger partial charge in [0.2, 0.25) is 0 Å². The van der Waals surface area contributed by atoms with Crippen LogP contribution in [0.4, 0.5) is 11.4 Å². The maximum atomic E-state index is 10.8. The van der Waals surface area contributed by atoms with E-state index in [2.05, 4.69) is 24.4 Å². The van der Waals surface area contributed by atoms with Crippen LogP contribution in [0.5, 0.6) is 0 Å². The molecule has 0 amide bonds. The summed E-state index contributed by atoms with van der Waals surface area (Å²) in [6.45, 7) is 2.12. The maximum absolute atomic E-state index is 10.8. The molecule has 3 nitrogen and oxygen atoms in total. The first-order valence-corrected chi connectivity index (χ1v) is 6.34. The van der Waals surface area contributed by atoms with Crippen molar-refractivity contribution in [1.29, 1.82) is 0 Å². The van der Waals surface area contributed by atoms with E-state index >= 15 is 0 Å². The lowest BCUT2D eigenvalue weighted by atomic mass is 10.1. The molecule has 2 rings (SSSR count). The molecule has 3 heteroatoms. The molecule has 0 heterocycles. The standard InChI is InChI=1S/C16H17NO2/c1-2-12-7-9-14(10-8-12)17-15-6-4-3-5-13(15)11-16(18)19/h3-10,17H,2,11H2,1H3,(H,18,19). The highest BCUT2D eigenvalue weighted by Gasteiger charge is 2.06. The van der Waals surface area contributed by atoms with Crippen LogP contribution in [0.2, 0.25) is 0 Å². The van der Waals surface area contributed by atoms with Gasteiger partial charge in [-0.1, -0.05) is 37.3 Å². The molecule has 0 aliphatic heterocycles. The summed E-state index contributed by atoms with van der Waals surface area (Å²) >= 11 is 0. The monoisotopic (exact) mass is 255 g/mol. The van der Waals surface area contributed by atoms with Crippen molar-refractivity contribution in [3.05, 3.63) is 59.7 Å². The molecule has 0 saturated carbocycles. The van der Waals surface area contributed by atoms with Gasteiger partial charge in [-0.15, -0.1) is 0 Å². The van der Waals surface area contributed by atoms with Crippen LogP contribution < -0.4 is 5.32 Å². The topological polar surface area (TPSA) is 49.3 Å². The molecule has 2 aromatic carbocycles. The van der Waals surface area contributed by atoms with Crippen molar-refractivity contribution in [2.75, 3.05) is 5.32 Å². The first-order valence-electron chi connectivity index (χ1n) is 6.34. The number of aryl methyl sites for hydroxylation is 1. The van der Waals surface area contributed by atoms with Crippen LogP contribution in [-0.4, -0.2) is 11.1 Å². The second kappa shape index (κ2) is 6.05. The summed E-state index contributed by atoms with van der Waals surface area (Å²) in [6.07, 6.45) is 1.03. The Labute approximate surface area is 112 Å². The van der Waals surface area contributed by atoms with Gasteiger partial charge in [0.25, 0.3) is 0 Å². The molecule has 0 fully saturated rings. The number of hydrogen-bond acceptors (Lipinski definition) is 2. The summed E-state index contributed by atoms with van der Waals surface area (Å²) in [6, 6.07) is 15.6. The van der Waals surface area contributed by atoms with Gasteiger partial charge in [-0.05, 0) is 35.7 Å². The molecule has 98 valence electrons. The van der Waals surface area contributed by atoms with Gasteiger partial charge < -0.3 is 10.4 Å². The quantitative estimate of drug-likeness (QED) is 0.858. The van der Waals surface area contributed by atoms with E-state index in [0.29, 0.717) is 0 Å². The third kappa shape index (κ3) is 3.58. The van der Waals surface area contributed by atoms with Gasteiger partial charge in [-0.25, -0.2) is 0 Å². The number of para-hydroxylation sites is 1. The molecule has 2 N–H and O–H groups in total. The molecule has 2 aromatic rings. The van der Waals surface area contributed by atoms with Crippen LogP contribution in [0.3, 0.4) is 0 Å². The van der Waals surface area contributed by atoms with Crippen molar-refractivity contribution in [3.63, 3.8) is 0 Å². The molecule has 0 aliphatic carbocycles. The molecule has 0 spiro atoms. The Hall–Kier alpha value is -2.29. The average molecular weight is 255 g/mol. The van der Waals surface area contributed by atoms with Crippen LogP contribution in [0, 0.1) is 0 Å². The molecular formula is C16H17NO2. The fourth-order valence-corrected chi connectivity index (χ4v) is 1.94. The maximum Gasteiger partial charge on any atom is 0.307 e. The largest absolute Gasteiger partial charge is 0.481 e. The zero-order valence-corrected chi connectivity index (χ0v) is 10.9. The van der Waals surface area contributed by atoms with E-state index in [9.17, 15) is 4.79 Å². The lowest BCUT2D eigenvalue weighted by Crippen LogP contribution is -2.03. The number of hydrogen-bond donors (Lipinski definition) is 2. The van der Waals surface area contributed by atoms with Crippen LogP contribution >= 0.6 is 0 Å². The SMILES string of the molecule is CCc1ccc(Nc2ccccc2CC(=O)O)cc1. The van der Waals surface area contributed by atoms with Gasteiger partial charge in [0.1, 0.15) is 0 Å². The highest BCUT2D eigenvalue weighted by molar-refractivity contribution is 5.75. The van der Waals surface area contributed by atoms with E-state index in [4.69, 9.17) is 5.11 Å². The molecular weight excluding hydrogens is 238 g/mol. The van der Waals surface area contributed by atoms with Crippen molar-refractivity contribution in [2.45, 2.75) is 19.8 Å². The summed E-state index contributed by atoms with van der Waals surface area (Å²) in [4.78, 5) is 10.8. The lowest BCUT2D eigenvalue weighted by Gasteiger charge is -2.11. The number of anilines is 2. The molecule has 0 radical (unpaired) electrons. The summed E-state index contributed by atoms with van der Waals surface area (Å²) < 4.78 is 0. The predicted octanol–water partition coefficient (Wildman–Crippen LogP) is 3.62. The summed E-state index contributed by atoms with van der Waals surface area (Å²) in [5, 5.41) is 12.2. The number of carboxylic acid groups (broad SMARTS) is 1. The van der Waals surface area contributed by atoms with Crippen LogP contribution in [0.1, 0.15) is 18.1 Å². The molecule has 0 unspecified atom stereocenters. The third-order valence-corrected chi connectivity index (χ3v) is 3.00. The highest BCUT2D eigenvalue weighted by Crippen LogP contribution is 2.21. The Morgan fingerprint density at radius 3 is 2.42 bits per heavy atom. The molecule has 0 atom stereocenters. The minimum Gasteiger partial charge on any atom is -0.481 e. The molecule has 0 bridgehead atoms. The first-order chi connectivity index (χ1) is 9.19. The Kier molecular flexibility index (Phi) is 4.18. The Bertz CT molecular complexity index is 561. The van der Waals surface area contributed by atoms with E-state index in [1.54, 1.807) is 0 Å². The fourth-order valence-electron chi connectivity index (χ4n) is 1.94. The van der Waals surface area contributed by atoms with E-state index in [1.165, 1.54) is 5.56 Å². The average Bonchev–Trinajstić information content (AvgIpc) is 2.41. The fraction of sp³-hybridized carbons (Fsp3) is 0.188. The third-order valence-electron chi connectivity index (χ3n) is 3.00. The number of carboxylic acids is 1. The minimum absolute atomic E-state index is 0.0240. The van der Waals surface area contributed by atoms with Crippen molar-refractivity contribution in [2.24, 2.45) is 0 Å². The first kappa shape index (κ1) is 13.1. The second-order valence-corrected chi connectivity index (χ2v) is 4.40. The molecule has 0 aliphatic rings. The van der Waals surface area contributed by atoms with Crippen molar-refractivity contribution >= 4 is 17.3 Å². The highest BCUT2D eigenvalue weighted by atomic mass is 16.4. The number of carbonyl (C=O) groups is 1. The van der Waals surface area contributed by atoms with Gasteiger partial charge in [-0.2, -0.15) is 0 Å². The number of benzene rings is 2. The van der Waals surface area contributed by atoms with E-state index < -0.39 is 5.97 Å². The molecule has 0 aromatic heterocycles. The van der Waals surface area contributed by atoms with Gasteiger partial charge in [0.05, 0.1) is 6.42 Å². The Balaban J connectivity index is 2.19. The Morgan fingerprint density at radius 1 is 1.11 bits per heavy atom. The van der Waals surface area contributed by atoms with Gasteiger partial charge >= 0.3 is 5.97 Å². The normalized spacial score (nSPS) is 10.2. The van der Waals surface area contributed by atoms with Crippen molar-refractivity contribution in [1.82, 2.24) is 0 Å². The van der Waals surface area contributed by atoms with Crippen LogP contribution in [0.15, 0.2) is 48.5 Å². The smallest absolute Gasteiger partial charge is 0.307 e. The number of nitrogens with one attached hydrogen (secondary N) is 1. The molecule has 0 saturated heterocycles. The summed E-state index contributed by atoms with van der Waals surface area (Å²) in [5.41, 5.74) is 3.88. The second-order valence-electron chi connectivity index (χ2n) is 4.40. The van der Waals surface area contributed by atoms with Gasteiger partial charge in [0.15, 0.2) is 0 Å². The zero-order chi connectivity index (χ0) is 13.7. The van der Waals surface area contributed by atoms with E-state index in [0.717, 1.165) is 23.4 Å². The minimum atomic E-state index is -0.824. The van der Waals surface area contributed by atoms with Crippen molar-refractivity contribution < 1.29 is 9.90 Å². The summed E-state index contributed by atoms with van der Waals surface area (Å²) in [5.74, 6) is -0.824. The predicted molar refractivity (Wildman–Crippen MR) is 76.9 cm³/mol. The Morgan fingerprint density at radius 2 is 1.79 bits per heavy atom. The van der Waals surface area contributed by atoms with Crippen LogP contribution in [0.25, 0.3) is 0 Å². The van der Waals surface area contributed by atoms with E-state index in [-0.39, 0.29) is 6.42 Å². The summed E-state index contributed by atoms with van der Waals surface area (Å²) in [7, 11) is 0. The van der Waals surface area contributed by atoms with E-state index in [1.807, 2.05) is 36.4 Å². The van der Waals surface area contributed by atoms with Crippen LogP contribution in [-0.2, 0) is 17.6 Å². The number of rotatable bonds is 5. The zero-order valence-electron chi connectivity index (χ0n) is 10.9. The molecule has 19 heavy (non-hydrogen) atoms.